The van der Waals surface area contributed by atoms with E-state index in [1.165, 1.54) is 77.9 Å². The minimum absolute atomic E-state index is 0.260. The molecule has 2 rings (SSSR count). The van der Waals surface area contributed by atoms with Gasteiger partial charge in [0.15, 0.2) is 0 Å². The van der Waals surface area contributed by atoms with E-state index in [0.29, 0.717) is 0 Å². The molecule has 0 aliphatic carbocycles. The summed E-state index contributed by atoms with van der Waals surface area (Å²) in [5.74, 6) is 0.851. The lowest BCUT2D eigenvalue weighted by molar-refractivity contribution is 0.135. The van der Waals surface area contributed by atoms with Gasteiger partial charge in [0.05, 0.1) is 0 Å². The number of hydrogen-bond donors (Lipinski definition) is 1. The van der Waals surface area contributed by atoms with Crippen molar-refractivity contribution in [3.8, 4) is 0 Å². The van der Waals surface area contributed by atoms with Gasteiger partial charge in [-0.1, -0.05) is 6.42 Å². The summed E-state index contributed by atoms with van der Waals surface area (Å²) in [6, 6.07) is 0. The van der Waals surface area contributed by atoms with Crippen LogP contribution in [0.25, 0.3) is 0 Å². The van der Waals surface area contributed by atoms with E-state index in [4.69, 9.17) is 0 Å². The summed E-state index contributed by atoms with van der Waals surface area (Å²) < 4.78 is 0. The predicted molar refractivity (Wildman–Crippen MR) is 87.2 cm³/mol. The van der Waals surface area contributed by atoms with Crippen LogP contribution in [0.4, 0.5) is 0 Å². The number of hydrogen-bond acceptors (Lipinski definition) is 3. The first kappa shape index (κ1) is 16.3. The Hall–Kier alpha value is -0.120. The molecule has 0 bridgehead atoms. The Balaban J connectivity index is 1.64. The maximum absolute atomic E-state index is 3.68. The highest BCUT2D eigenvalue weighted by Crippen LogP contribution is 2.17. The van der Waals surface area contributed by atoms with Crippen LogP contribution in [0, 0.1) is 5.92 Å². The average molecular weight is 281 g/mol. The van der Waals surface area contributed by atoms with E-state index in [2.05, 4.69) is 35.9 Å². The van der Waals surface area contributed by atoms with Gasteiger partial charge in [0.2, 0.25) is 0 Å². The highest BCUT2D eigenvalue weighted by Gasteiger charge is 2.22. The highest BCUT2D eigenvalue weighted by molar-refractivity contribution is 4.79. The molecule has 2 saturated heterocycles. The summed E-state index contributed by atoms with van der Waals surface area (Å²) in [7, 11) is 0. The molecule has 3 heteroatoms. The van der Waals surface area contributed by atoms with E-state index in [1.54, 1.807) is 0 Å². The second-order valence-electron chi connectivity index (χ2n) is 7.84. The molecule has 0 spiro atoms. The number of rotatable bonds is 5. The summed E-state index contributed by atoms with van der Waals surface area (Å²) in [6.45, 7) is 15.9. The number of likely N-dealkylation sites (tertiary alicyclic amines) is 2. The molecule has 1 unspecified atom stereocenters. The van der Waals surface area contributed by atoms with E-state index in [-0.39, 0.29) is 5.54 Å². The third kappa shape index (κ3) is 6.11. The molecule has 0 aromatic heterocycles. The Morgan fingerprint density at radius 1 is 0.900 bits per heavy atom. The van der Waals surface area contributed by atoms with Gasteiger partial charge >= 0.3 is 0 Å². The van der Waals surface area contributed by atoms with Gasteiger partial charge in [0.25, 0.3) is 0 Å². The molecule has 0 radical (unpaired) electrons. The lowest BCUT2D eigenvalue weighted by atomic mass is 9.96. The fourth-order valence-electron chi connectivity index (χ4n) is 3.44. The van der Waals surface area contributed by atoms with Crippen molar-refractivity contribution in [3.63, 3.8) is 0 Å². The molecule has 2 aliphatic heterocycles. The highest BCUT2D eigenvalue weighted by atomic mass is 15.2. The summed E-state index contributed by atoms with van der Waals surface area (Å²) in [6.07, 6.45) is 7.07. The van der Waals surface area contributed by atoms with Crippen LogP contribution >= 0.6 is 0 Å². The van der Waals surface area contributed by atoms with Crippen molar-refractivity contribution in [1.82, 2.24) is 15.1 Å². The molecule has 2 heterocycles. The molecule has 0 amide bonds. The van der Waals surface area contributed by atoms with E-state index in [0.717, 1.165) is 5.92 Å². The molecule has 20 heavy (non-hydrogen) atoms. The Labute approximate surface area is 126 Å². The molecule has 118 valence electrons. The predicted octanol–water partition coefficient (Wildman–Crippen LogP) is 2.57. The number of nitrogens with one attached hydrogen (secondary N) is 1. The summed E-state index contributed by atoms with van der Waals surface area (Å²) in [5, 5.41) is 3.68. The van der Waals surface area contributed by atoms with E-state index < -0.39 is 0 Å². The fourth-order valence-corrected chi connectivity index (χ4v) is 3.44. The summed E-state index contributed by atoms with van der Waals surface area (Å²) in [4.78, 5) is 5.37. The minimum Gasteiger partial charge on any atom is -0.312 e. The van der Waals surface area contributed by atoms with Crippen LogP contribution in [0.2, 0.25) is 0 Å². The lowest BCUT2D eigenvalue weighted by Crippen LogP contribution is -2.46. The van der Waals surface area contributed by atoms with Crippen LogP contribution in [-0.4, -0.2) is 61.2 Å². The molecule has 2 fully saturated rings. The van der Waals surface area contributed by atoms with Gasteiger partial charge in [-0.2, -0.15) is 0 Å². The third-order valence-corrected chi connectivity index (χ3v) is 4.71. The zero-order chi connectivity index (χ0) is 14.4. The topological polar surface area (TPSA) is 18.5 Å². The maximum atomic E-state index is 3.68. The lowest BCUT2D eigenvalue weighted by Gasteiger charge is -2.36. The van der Waals surface area contributed by atoms with Crippen LogP contribution in [0.5, 0.6) is 0 Å². The van der Waals surface area contributed by atoms with Gasteiger partial charge in [-0.05, 0) is 78.6 Å². The monoisotopic (exact) mass is 281 g/mol. The standard InChI is InChI=1S/C17H35N3/c1-17(2,3)18-14-16-8-7-11-20(15-16)13-12-19-9-5-4-6-10-19/h16,18H,4-15H2,1-3H3. The second kappa shape index (κ2) is 7.77. The van der Waals surface area contributed by atoms with E-state index in [1.807, 2.05) is 0 Å². The van der Waals surface area contributed by atoms with Gasteiger partial charge in [0.1, 0.15) is 0 Å². The first-order chi connectivity index (χ1) is 9.53. The average Bonchev–Trinajstić information content (AvgIpc) is 2.44. The second-order valence-corrected chi connectivity index (χ2v) is 7.84. The van der Waals surface area contributed by atoms with Crippen LogP contribution in [0.1, 0.15) is 52.9 Å². The van der Waals surface area contributed by atoms with Gasteiger partial charge in [0, 0.05) is 25.2 Å². The van der Waals surface area contributed by atoms with Gasteiger partial charge in [-0.15, -0.1) is 0 Å². The molecule has 1 N–H and O–H groups in total. The SMILES string of the molecule is CC(C)(C)NCC1CCCN(CCN2CCCCC2)C1. The van der Waals surface area contributed by atoms with Crippen LogP contribution in [0.3, 0.4) is 0 Å². The van der Waals surface area contributed by atoms with Crippen molar-refractivity contribution in [2.24, 2.45) is 5.92 Å². The van der Waals surface area contributed by atoms with Gasteiger partial charge in [-0.25, -0.2) is 0 Å². The molecular formula is C17H35N3. The van der Waals surface area contributed by atoms with Crippen molar-refractivity contribution < 1.29 is 0 Å². The zero-order valence-electron chi connectivity index (χ0n) is 14.0. The minimum atomic E-state index is 0.260. The van der Waals surface area contributed by atoms with Crippen molar-refractivity contribution in [2.75, 3.05) is 45.8 Å². The van der Waals surface area contributed by atoms with E-state index >= 15 is 0 Å². The molecule has 0 aromatic rings. The van der Waals surface area contributed by atoms with Crippen molar-refractivity contribution >= 4 is 0 Å². The Morgan fingerprint density at radius 2 is 1.55 bits per heavy atom. The first-order valence-electron chi connectivity index (χ1n) is 8.73. The zero-order valence-corrected chi connectivity index (χ0v) is 14.0. The van der Waals surface area contributed by atoms with Gasteiger partial charge < -0.3 is 15.1 Å². The molecule has 2 aliphatic rings. The van der Waals surface area contributed by atoms with Crippen LogP contribution in [-0.2, 0) is 0 Å². The van der Waals surface area contributed by atoms with Crippen molar-refractivity contribution in [3.05, 3.63) is 0 Å². The molecular weight excluding hydrogens is 246 g/mol. The third-order valence-electron chi connectivity index (χ3n) is 4.71. The normalized spacial score (nSPS) is 26.9. The first-order valence-corrected chi connectivity index (χ1v) is 8.73. The quantitative estimate of drug-likeness (QED) is 0.835. The van der Waals surface area contributed by atoms with Crippen LogP contribution in [0.15, 0.2) is 0 Å². The smallest absolute Gasteiger partial charge is 0.0109 e. The molecule has 0 aromatic carbocycles. The Morgan fingerprint density at radius 3 is 2.25 bits per heavy atom. The molecule has 3 nitrogen and oxygen atoms in total. The molecule has 1 atom stereocenters. The molecule has 0 saturated carbocycles. The Bertz CT molecular complexity index is 266. The number of nitrogens with zero attached hydrogens (tertiary/aromatic N) is 2. The summed E-state index contributed by atoms with van der Waals surface area (Å²) >= 11 is 0. The van der Waals surface area contributed by atoms with Gasteiger partial charge in [-0.3, -0.25) is 0 Å². The van der Waals surface area contributed by atoms with Crippen molar-refractivity contribution in [2.45, 2.75) is 58.4 Å². The fraction of sp³-hybridized carbons (Fsp3) is 1.00. The maximum Gasteiger partial charge on any atom is 0.0109 e. The largest absolute Gasteiger partial charge is 0.312 e. The summed E-state index contributed by atoms with van der Waals surface area (Å²) in [5.41, 5.74) is 0.260. The van der Waals surface area contributed by atoms with E-state index in [9.17, 15) is 0 Å². The van der Waals surface area contributed by atoms with Crippen LogP contribution < -0.4 is 5.32 Å². The Kier molecular flexibility index (Phi) is 6.31. The number of piperidine rings is 2. The van der Waals surface area contributed by atoms with Crippen molar-refractivity contribution in [1.29, 1.82) is 0 Å².